The van der Waals surface area contributed by atoms with Crippen molar-refractivity contribution in [1.29, 1.82) is 0 Å². The lowest BCUT2D eigenvalue weighted by atomic mass is 10.0. The van der Waals surface area contributed by atoms with Crippen LogP contribution in [0.5, 0.6) is 11.5 Å². The van der Waals surface area contributed by atoms with Gasteiger partial charge in [-0.1, -0.05) is 44.6 Å². The van der Waals surface area contributed by atoms with Gasteiger partial charge in [0.15, 0.2) is 5.13 Å². The normalized spacial score (nSPS) is 22.7. The first-order chi connectivity index (χ1) is 31.8. The molecular weight excluding hydrogens is 897 g/mol. The molecule has 5 N–H and O–H groups in total. The summed E-state index contributed by atoms with van der Waals surface area (Å²) in [6.45, 7) is 13.2. The molecule has 0 spiro atoms. The predicted octanol–water partition coefficient (Wildman–Crippen LogP) is 7.01. The topological polar surface area (TPSA) is 219 Å². The number of hydrogen-bond acceptors (Lipinski definition) is 14. The lowest BCUT2D eigenvalue weighted by molar-refractivity contribution is -0.141. The zero-order valence-electron chi connectivity index (χ0n) is 39.3. The number of nitrogens with one attached hydrogen (secondary N) is 5. The summed E-state index contributed by atoms with van der Waals surface area (Å²) >= 11 is 1.44. The van der Waals surface area contributed by atoms with Gasteiger partial charge in [0.05, 0.1) is 30.6 Å². The highest BCUT2D eigenvalue weighted by Gasteiger charge is 2.62. The number of allylic oxidation sites excluding steroid dienone is 1. The maximum atomic E-state index is 14.9. The van der Waals surface area contributed by atoms with Crippen molar-refractivity contribution in [2.24, 2.45) is 11.8 Å². The summed E-state index contributed by atoms with van der Waals surface area (Å²) < 4.78 is 47.9. The Balaban J connectivity index is 1.23. The van der Waals surface area contributed by atoms with E-state index in [2.05, 4.69) is 26.0 Å². The number of pyridine rings is 1. The number of rotatable bonds is 11. The van der Waals surface area contributed by atoms with Gasteiger partial charge in [-0.2, -0.15) is 0 Å². The van der Waals surface area contributed by atoms with Crippen LogP contribution in [0, 0.1) is 11.8 Å². The lowest BCUT2D eigenvalue weighted by Crippen LogP contribution is -2.59. The molecule has 0 radical (unpaired) electrons. The van der Waals surface area contributed by atoms with Crippen LogP contribution in [0.15, 0.2) is 71.0 Å². The highest BCUT2D eigenvalue weighted by atomic mass is 32.2. The molecule has 0 bridgehead atoms. The Kier molecular flexibility index (Phi) is 14.7. The number of likely N-dealkylation sites (tertiary alicyclic amines) is 1. The molecule has 3 aliphatic rings. The van der Waals surface area contributed by atoms with Gasteiger partial charge in [-0.15, -0.1) is 11.3 Å². The van der Waals surface area contributed by atoms with E-state index in [1.54, 1.807) is 78.1 Å². The molecule has 4 heterocycles. The van der Waals surface area contributed by atoms with Crippen LogP contribution in [-0.4, -0.2) is 103 Å². The number of alkyl carbamates (subject to hydrolysis) is 1. The van der Waals surface area contributed by atoms with E-state index in [1.807, 2.05) is 37.4 Å². The number of anilines is 2. The Bertz CT molecular complexity index is 2630. The van der Waals surface area contributed by atoms with Gasteiger partial charge in [0.25, 0.3) is 15.9 Å². The van der Waals surface area contributed by atoms with Crippen LogP contribution in [0.3, 0.4) is 0 Å². The second-order valence-electron chi connectivity index (χ2n) is 19.0. The quantitative estimate of drug-likeness (QED) is 0.0958. The van der Waals surface area contributed by atoms with Crippen molar-refractivity contribution in [3.63, 3.8) is 0 Å². The summed E-state index contributed by atoms with van der Waals surface area (Å²) in [5, 5.41) is 15.4. The van der Waals surface area contributed by atoms with E-state index in [1.165, 1.54) is 22.3 Å². The van der Waals surface area contributed by atoms with Crippen LogP contribution < -0.4 is 35.5 Å². The van der Waals surface area contributed by atoms with Crippen molar-refractivity contribution in [3.05, 3.63) is 66.1 Å². The zero-order chi connectivity index (χ0) is 48.3. The number of ether oxygens (including phenoxy) is 3. The predicted molar refractivity (Wildman–Crippen MR) is 258 cm³/mol. The van der Waals surface area contributed by atoms with Gasteiger partial charge in [0.1, 0.15) is 51.4 Å². The minimum Gasteiger partial charge on any atom is -0.497 e. The molecule has 4 amide bonds. The number of aromatic nitrogens is 2. The smallest absolute Gasteiger partial charge is 0.408 e. The molecule has 2 fully saturated rings. The molecule has 17 nitrogen and oxygen atoms in total. The van der Waals surface area contributed by atoms with Crippen molar-refractivity contribution in [2.45, 2.75) is 127 Å². The van der Waals surface area contributed by atoms with Gasteiger partial charge in [0, 0.05) is 47.8 Å². The number of carbonyl (C=O) groups is 4. The number of benzene rings is 2. The molecule has 1 saturated heterocycles. The number of thiazole rings is 1. The van der Waals surface area contributed by atoms with Crippen LogP contribution >= 0.6 is 11.3 Å². The van der Waals surface area contributed by atoms with Gasteiger partial charge in [-0.3, -0.25) is 14.4 Å². The Hall–Kier alpha value is -5.95. The van der Waals surface area contributed by atoms with Crippen LogP contribution in [0.25, 0.3) is 22.3 Å². The molecule has 5 atom stereocenters. The fourth-order valence-corrected chi connectivity index (χ4v) is 10.4. The number of carbonyl (C=O) groups excluding carboxylic acids is 4. The molecule has 19 heteroatoms. The molecule has 7 rings (SSSR count). The van der Waals surface area contributed by atoms with E-state index in [0.717, 1.165) is 30.8 Å². The average Bonchev–Trinajstić information content (AvgIpc) is 3.52. The van der Waals surface area contributed by atoms with Crippen LogP contribution in [-0.2, 0) is 29.1 Å². The zero-order valence-corrected chi connectivity index (χ0v) is 40.9. The Labute approximate surface area is 396 Å². The molecule has 2 aromatic carbocycles. The number of sulfonamides is 1. The van der Waals surface area contributed by atoms with Gasteiger partial charge < -0.3 is 40.4 Å². The van der Waals surface area contributed by atoms with Gasteiger partial charge in [0.2, 0.25) is 11.8 Å². The van der Waals surface area contributed by atoms with E-state index < -0.39 is 75.0 Å². The van der Waals surface area contributed by atoms with E-state index in [-0.39, 0.29) is 30.3 Å². The van der Waals surface area contributed by atoms with E-state index in [4.69, 9.17) is 24.2 Å². The number of para-hydroxylation sites is 1. The van der Waals surface area contributed by atoms with Crippen molar-refractivity contribution >= 4 is 66.9 Å². The number of methoxy groups -OCH3 is 1. The van der Waals surface area contributed by atoms with Crippen LogP contribution in [0.4, 0.5) is 15.6 Å². The number of hydrogen-bond donors (Lipinski definition) is 5. The highest BCUT2D eigenvalue weighted by molar-refractivity contribution is 7.90. The minimum absolute atomic E-state index is 0.0150. The summed E-state index contributed by atoms with van der Waals surface area (Å²) in [4.78, 5) is 68.2. The second-order valence-corrected chi connectivity index (χ2v) is 21.5. The van der Waals surface area contributed by atoms with Crippen molar-refractivity contribution in [2.75, 3.05) is 30.8 Å². The minimum atomic E-state index is -4.41. The first-order valence-corrected chi connectivity index (χ1v) is 25.2. The molecule has 1 saturated carbocycles. The monoisotopic (exact) mass is 958 g/mol. The number of amides is 4. The third-order valence-electron chi connectivity index (χ3n) is 11.8. The highest BCUT2D eigenvalue weighted by Crippen LogP contribution is 2.46. The second kappa shape index (κ2) is 20.1. The van der Waals surface area contributed by atoms with Crippen molar-refractivity contribution < 1.29 is 41.8 Å². The molecule has 67 heavy (non-hydrogen) atoms. The molecule has 1 aliphatic carbocycles. The summed E-state index contributed by atoms with van der Waals surface area (Å²) in [6, 6.07) is 11.4. The largest absolute Gasteiger partial charge is 0.497 e. The number of fused-ring (bicyclic) bond motifs is 3. The van der Waals surface area contributed by atoms with Crippen molar-refractivity contribution in [3.8, 4) is 22.9 Å². The molecule has 0 unspecified atom stereocenters. The first kappa shape index (κ1) is 49.0. The van der Waals surface area contributed by atoms with Crippen molar-refractivity contribution in [1.82, 2.24) is 30.2 Å². The molecule has 4 aromatic rings. The average molecular weight is 959 g/mol. The SMILES string of the molecule is COc1ccc2c(O[C@@H]3C[C@@H](C(=O)N[C@]45C[C@@H]4/C=C\CCCCCNc4ccccc4S(=O)(=O)NC5=O)N(C(=O)[C@@H](NC(=O)OC(C)(C)C)C(C)C)C3)cc(-c3csc(NC(C)C)n3)nc2c1. The summed E-state index contributed by atoms with van der Waals surface area (Å²) in [5.74, 6) is -2.10. The fourth-order valence-electron chi connectivity index (χ4n) is 8.37. The first-order valence-electron chi connectivity index (χ1n) is 22.8. The van der Waals surface area contributed by atoms with E-state index in [0.29, 0.717) is 46.0 Å². The molecule has 360 valence electrons. The van der Waals surface area contributed by atoms with Crippen LogP contribution in [0.2, 0.25) is 0 Å². The van der Waals surface area contributed by atoms with Crippen LogP contribution in [0.1, 0.15) is 87.0 Å². The Morgan fingerprint density at radius 2 is 1.78 bits per heavy atom. The summed E-state index contributed by atoms with van der Waals surface area (Å²) in [7, 11) is -2.84. The molecule has 2 aromatic heterocycles. The maximum Gasteiger partial charge on any atom is 0.408 e. The molecular formula is C48H62N8O9S2. The fraction of sp³-hybridized carbons (Fsp3) is 0.500. The number of nitrogens with zero attached hydrogens (tertiary/aromatic N) is 3. The Morgan fingerprint density at radius 1 is 1.00 bits per heavy atom. The third-order valence-corrected chi connectivity index (χ3v) is 14.0. The van der Waals surface area contributed by atoms with Gasteiger partial charge in [-0.05, 0) is 90.5 Å². The maximum absolute atomic E-state index is 14.9. The van der Waals surface area contributed by atoms with Gasteiger partial charge >= 0.3 is 6.09 Å². The van der Waals surface area contributed by atoms with Gasteiger partial charge in [-0.25, -0.2) is 27.9 Å². The lowest BCUT2D eigenvalue weighted by Gasteiger charge is -2.31. The standard InChI is InChI=1S/C48H62N8O9S2/c1-28(2)41(53-46(60)65-47(5,6)7)43(58)56-26-32(64-39-24-36(37-27-66-45(52-37)50-29(3)4)51-35-22-31(63-8)19-20-33(35)39)23-38(56)42(57)54-48-25-30(48)16-12-10-9-11-15-21-49-34-17-13-14-18-40(34)67(61,62)55-44(48)59/h12-14,16-20,22,24,27-30,32,38,41,49H,9-11,15,21,23,25-26H2,1-8H3,(H,50,52)(H,53,60)(H,54,57)(H,55,59)/b16-12-/t30-,32+,38-,41-,48+/m0/s1. The molecule has 2 aliphatic heterocycles. The van der Waals surface area contributed by atoms with E-state index >= 15 is 0 Å². The Morgan fingerprint density at radius 3 is 2.51 bits per heavy atom. The summed E-state index contributed by atoms with van der Waals surface area (Å²) in [6.07, 6.45) is 5.69. The third kappa shape index (κ3) is 11.6. The van der Waals surface area contributed by atoms with E-state index in [9.17, 15) is 27.6 Å². The summed E-state index contributed by atoms with van der Waals surface area (Å²) in [5.41, 5.74) is -0.425.